The van der Waals surface area contributed by atoms with Crippen LogP contribution >= 0.6 is 11.3 Å². The molecule has 0 spiro atoms. The fraction of sp³-hybridized carbons (Fsp3) is 0.455. The van der Waals surface area contributed by atoms with Crippen LogP contribution in [0, 0.1) is 6.92 Å². The van der Waals surface area contributed by atoms with Crippen LogP contribution in [0.3, 0.4) is 0 Å². The molecule has 0 radical (unpaired) electrons. The number of nitrogens with one attached hydrogen (secondary N) is 1. The molecule has 1 N–H and O–H groups in total. The van der Waals surface area contributed by atoms with Crippen LogP contribution in [0.1, 0.15) is 23.2 Å². The molecule has 6 nitrogen and oxygen atoms in total. The maximum Gasteiger partial charge on any atom is 0.244 e. The summed E-state index contributed by atoms with van der Waals surface area (Å²) in [5.74, 6) is 0.692. The quantitative estimate of drug-likeness (QED) is 0.673. The van der Waals surface area contributed by atoms with Gasteiger partial charge in [-0.15, -0.1) is 11.3 Å². The Morgan fingerprint density at radius 3 is 2.86 bits per heavy atom. The van der Waals surface area contributed by atoms with Crippen molar-refractivity contribution in [2.75, 3.05) is 39.8 Å². The Bertz CT molecular complexity index is 828. The van der Waals surface area contributed by atoms with Crippen LogP contribution in [-0.4, -0.2) is 66.5 Å². The number of likely N-dealkylation sites (N-methyl/N-ethyl adjacent to an activating group) is 1. The maximum atomic E-state index is 12.2. The number of hydrogen-bond acceptors (Lipinski definition) is 6. The second-order valence-corrected chi connectivity index (χ2v) is 8.55. The highest BCUT2D eigenvalue weighted by molar-refractivity contribution is 7.09. The number of ether oxygens (including phenoxy) is 1. The zero-order valence-electron chi connectivity index (χ0n) is 17.4. The van der Waals surface area contributed by atoms with E-state index in [0.717, 1.165) is 48.2 Å². The lowest BCUT2D eigenvalue weighted by Gasteiger charge is -2.36. The van der Waals surface area contributed by atoms with Crippen molar-refractivity contribution in [3.05, 3.63) is 52.0 Å². The van der Waals surface area contributed by atoms with E-state index in [1.165, 1.54) is 0 Å². The molecular formula is C22H30N4O2S. The Labute approximate surface area is 177 Å². The van der Waals surface area contributed by atoms with Gasteiger partial charge in [-0.1, -0.05) is 12.1 Å². The molecule has 1 atom stereocenters. The molecule has 1 aliphatic heterocycles. The minimum atomic E-state index is -0.0738. The Kier molecular flexibility index (Phi) is 7.80. The van der Waals surface area contributed by atoms with E-state index in [1.54, 1.807) is 17.4 Å². The van der Waals surface area contributed by atoms with Gasteiger partial charge in [-0.3, -0.25) is 9.69 Å². The first kappa shape index (κ1) is 21.5. The third kappa shape index (κ3) is 6.96. The monoisotopic (exact) mass is 414 g/mol. The lowest BCUT2D eigenvalue weighted by Crippen LogP contribution is -2.51. The minimum absolute atomic E-state index is 0.0738. The number of hydrogen-bond donors (Lipinski definition) is 1. The molecule has 1 saturated heterocycles. The first-order chi connectivity index (χ1) is 14.0. The highest BCUT2D eigenvalue weighted by Crippen LogP contribution is 2.17. The zero-order valence-corrected chi connectivity index (χ0v) is 18.2. The molecule has 7 heteroatoms. The smallest absolute Gasteiger partial charge is 0.244 e. The minimum Gasteiger partial charge on any atom is -0.487 e. The van der Waals surface area contributed by atoms with Gasteiger partial charge < -0.3 is 15.0 Å². The number of benzene rings is 1. The van der Waals surface area contributed by atoms with Crippen LogP contribution in [0.2, 0.25) is 0 Å². The molecule has 2 aromatic rings. The molecule has 3 rings (SSSR count). The average molecular weight is 415 g/mol. The fourth-order valence-corrected chi connectivity index (χ4v) is 3.81. The Balaban J connectivity index is 1.44. The molecule has 0 aliphatic carbocycles. The van der Waals surface area contributed by atoms with E-state index < -0.39 is 0 Å². The van der Waals surface area contributed by atoms with Crippen molar-refractivity contribution in [2.24, 2.45) is 0 Å². The standard InChI is InChI=1S/C22H30N4O2S/c1-17(26-11-9-25(3)10-12-26)14-23-22(27)8-7-19-5-4-6-21(13-19)28-15-20-16-29-18(2)24-20/h4-8,13,16-17H,9-12,14-15H2,1-3H3,(H,23,27). The zero-order chi connectivity index (χ0) is 20.6. The van der Waals surface area contributed by atoms with Crippen LogP contribution in [0.15, 0.2) is 35.7 Å². The van der Waals surface area contributed by atoms with Gasteiger partial charge in [-0.05, 0) is 44.7 Å². The predicted octanol–water partition coefficient (Wildman–Crippen LogP) is 2.80. The Morgan fingerprint density at radius 1 is 1.34 bits per heavy atom. The molecule has 0 bridgehead atoms. The van der Waals surface area contributed by atoms with Crippen molar-refractivity contribution in [1.29, 1.82) is 0 Å². The van der Waals surface area contributed by atoms with E-state index in [4.69, 9.17) is 4.74 Å². The number of piperazine rings is 1. The van der Waals surface area contributed by atoms with Crippen molar-refractivity contribution in [2.45, 2.75) is 26.5 Å². The summed E-state index contributed by atoms with van der Waals surface area (Å²) in [6, 6.07) is 8.06. The van der Waals surface area contributed by atoms with Crippen LogP contribution in [0.4, 0.5) is 0 Å². The van der Waals surface area contributed by atoms with Crippen molar-refractivity contribution >= 4 is 23.3 Å². The summed E-state index contributed by atoms with van der Waals surface area (Å²) in [5, 5.41) is 6.05. The van der Waals surface area contributed by atoms with Gasteiger partial charge in [0.2, 0.25) is 5.91 Å². The molecule has 2 heterocycles. The van der Waals surface area contributed by atoms with Gasteiger partial charge in [-0.2, -0.15) is 0 Å². The first-order valence-electron chi connectivity index (χ1n) is 10.0. The van der Waals surface area contributed by atoms with Crippen molar-refractivity contribution in [1.82, 2.24) is 20.1 Å². The van der Waals surface area contributed by atoms with E-state index in [0.29, 0.717) is 19.2 Å². The van der Waals surface area contributed by atoms with Crippen molar-refractivity contribution in [3.8, 4) is 5.75 Å². The van der Waals surface area contributed by atoms with Gasteiger partial charge in [0, 0.05) is 50.2 Å². The summed E-state index contributed by atoms with van der Waals surface area (Å²) in [5.41, 5.74) is 1.86. The molecule has 1 fully saturated rings. The van der Waals surface area contributed by atoms with Crippen molar-refractivity contribution < 1.29 is 9.53 Å². The van der Waals surface area contributed by atoms with E-state index in [-0.39, 0.29) is 5.91 Å². The number of aromatic nitrogens is 1. The number of carbonyl (C=O) groups is 1. The largest absolute Gasteiger partial charge is 0.487 e. The van der Waals surface area contributed by atoms with Gasteiger partial charge in [-0.25, -0.2) is 4.98 Å². The SMILES string of the molecule is Cc1nc(COc2cccc(C=CC(=O)NCC(C)N3CCN(C)CC3)c2)cs1. The van der Waals surface area contributed by atoms with Crippen LogP contribution in [-0.2, 0) is 11.4 Å². The summed E-state index contributed by atoms with van der Waals surface area (Å²) >= 11 is 1.62. The maximum absolute atomic E-state index is 12.2. The molecule has 1 aliphatic rings. The lowest BCUT2D eigenvalue weighted by atomic mass is 10.2. The topological polar surface area (TPSA) is 57.7 Å². The number of nitrogens with zero attached hydrogens (tertiary/aromatic N) is 3. The molecule has 29 heavy (non-hydrogen) atoms. The molecule has 0 saturated carbocycles. The predicted molar refractivity (Wildman–Crippen MR) is 118 cm³/mol. The molecule has 1 amide bonds. The summed E-state index contributed by atoms with van der Waals surface area (Å²) in [6.07, 6.45) is 3.40. The average Bonchev–Trinajstić information content (AvgIpc) is 3.15. The second-order valence-electron chi connectivity index (χ2n) is 7.49. The number of carbonyl (C=O) groups excluding carboxylic acids is 1. The van der Waals surface area contributed by atoms with E-state index in [9.17, 15) is 4.79 Å². The number of amides is 1. The third-order valence-electron chi connectivity index (χ3n) is 5.07. The van der Waals surface area contributed by atoms with Crippen LogP contribution in [0.5, 0.6) is 5.75 Å². The Morgan fingerprint density at radius 2 is 2.14 bits per heavy atom. The van der Waals surface area contributed by atoms with E-state index >= 15 is 0 Å². The van der Waals surface area contributed by atoms with E-state index in [2.05, 4.69) is 34.1 Å². The van der Waals surface area contributed by atoms with Crippen LogP contribution < -0.4 is 10.1 Å². The van der Waals surface area contributed by atoms with Gasteiger partial charge >= 0.3 is 0 Å². The molecular weight excluding hydrogens is 384 g/mol. The summed E-state index contributed by atoms with van der Waals surface area (Å²) in [6.45, 7) is 9.52. The van der Waals surface area contributed by atoms with Gasteiger partial charge in [0.1, 0.15) is 12.4 Å². The summed E-state index contributed by atoms with van der Waals surface area (Å²) in [4.78, 5) is 21.3. The van der Waals surface area contributed by atoms with Gasteiger partial charge in [0.05, 0.1) is 10.7 Å². The highest BCUT2D eigenvalue weighted by Gasteiger charge is 2.18. The molecule has 1 aromatic carbocycles. The first-order valence-corrected chi connectivity index (χ1v) is 10.9. The number of rotatable bonds is 8. The molecule has 1 unspecified atom stereocenters. The fourth-order valence-electron chi connectivity index (χ4n) is 3.21. The van der Waals surface area contributed by atoms with Crippen LogP contribution in [0.25, 0.3) is 6.08 Å². The summed E-state index contributed by atoms with van der Waals surface area (Å²) < 4.78 is 5.81. The lowest BCUT2D eigenvalue weighted by molar-refractivity contribution is -0.116. The van der Waals surface area contributed by atoms with E-state index in [1.807, 2.05) is 42.6 Å². The second kappa shape index (κ2) is 10.5. The number of thiazole rings is 1. The number of aryl methyl sites for hydroxylation is 1. The molecule has 156 valence electrons. The third-order valence-corrected chi connectivity index (χ3v) is 5.89. The Hall–Kier alpha value is -2.22. The normalized spacial score (nSPS) is 16.8. The highest BCUT2D eigenvalue weighted by atomic mass is 32.1. The summed E-state index contributed by atoms with van der Waals surface area (Å²) in [7, 11) is 2.15. The van der Waals surface area contributed by atoms with Crippen molar-refractivity contribution in [3.63, 3.8) is 0 Å². The molecule has 1 aromatic heterocycles. The van der Waals surface area contributed by atoms with Gasteiger partial charge in [0.15, 0.2) is 0 Å². The van der Waals surface area contributed by atoms with Gasteiger partial charge in [0.25, 0.3) is 0 Å².